The van der Waals surface area contributed by atoms with Gasteiger partial charge in [0.05, 0.1) is 35.2 Å². The molecule has 0 spiro atoms. The second-order valence-corrected chi connectivity index (χ2v) is 17.8. The summed E-state index contributed by atoms with van der Waals surface area (Å²) in [6, 6.07) is 21.5. The summed E-state index contributed by atoms with van der Waals surface area (Å²) in [4.78, 5) is 4.99. The van der Waals surface area contributed by atoms with E-state index in [1.54, 1.807) is 30.4 Å². The van der Waals surface area contributed by atoms with E-state index in [0.29, 0.717) is 57.7 Å². The van der Waals surface area contributed by atoms with Crippen molar-refractivity contribution in [1.82, 2.24) is 4.31 Å². The monoisotopic (exact) mass is 813 g/mol. The third kappa shape index (κ3) is 9.25. The first-order valence-corrected chi connectivity index (χ1v) is 22.0. The van der Waals surface area contributed by atoms with Gasteiger partial charge in [0.25, 0.3) is 10.1 Å². The predicted molar refractivity (Wildman–Crippen MR) is 226 cm³/mol. The Kier molecular flexibility index (Phi) is 12.9. The number of nitrogens with zero attached hydrogens (tertiary/aromatic N) is 2. The van der Waals surface area contributed by atoms with Crippen LogP contribution in [0.25, 0.3) is 33.4 Å². The molecule has 0 bridgehead atoms. The molecule has 13 heteroatoms. The molecule has 57 heavy (non-hydrogen) atoms. The lowest BCUT2D eigenvalue weighted by atomic mass is 9.90. The van der Waals surface area contributed by atoms with Crippen LogP contribution in [0, 0.1) is 26.7 Å². The Bertz CT molecular complexity index is 2580. The predicted octanol–water partition coefficient (Wildman–Crippen LogP) is 8.57. The normalized spacial score (nSPS) is 16.7. The van der Waals surface area contributed by atoms with E-state index in [-0.39, 0.29) is 48.1 Å². The molecular formula is C44H51N3O8S2. The molecule has 2 aliphatic carbocycles. The quantitative estimate of drug-likeness (QED) is 0.0603. The van der Waals surface area contributed by atoms with Gasteiger partial charge in [0, 0.05) is 66.2 Å². The maximum atomic E-state index is 13.9. The molecule has 0 aromatic heterocycles. The van der Waals surface area contributed by atoms with Crippen molar-refractivity contribution >= 4 is 42.5 Å². The molecule has 0 saturated heterocycles. The van der Waals surface area contributed by atoms with Gasteiger partial charge in [-0.2, -0.15) is 12.7 Å². The van der Waals surface area contributed by atoms with Gasteiger partial charge in [-0.15, -0.1) is 0 Å². The number of rotatable bonds is 15. The Labute approximate surface area is 335 Å². The van der Waals surface area contributed by atoms with Crippen LogP contribution in [0.3, 0.4) is 0 Å². The number of nitrogens with one attached hydrogen (secondary N) is 1. The summed E-state index contributed by atoms with van der Waals surface area (Å²) in [5.74, 6) is 0.265. The lowest BCUT2D eigenvalue weighted by molar-refractivity contribution is 0.111. The maximum Gasteiger partial charge on any atom is 0.295 e. The molecular weight excluding hydrogens is 763 g/mol. The maximum absolute atomic E-state index is 13.9. The van der Waals surface area contributed by atoms with E-state index in [0.717, 1.165) is 28.0 Å². The van der Waals surface area contributed by atoms with Gasteiger partial charge in [-0.05, 0) is 101 Å². The summed E-state index contributed by atoms with van der Waals surface area (Å²) >= 11 is 0. The highest BCUT2D eigenvalue weighted by atomic mass is 32.2. The Hall–Kier alpha value is -4.63. The summed E-state index contributed by atoms with van der Waals surface area (Å²) in [5, 5.41) is 4.88. The molecule has 3 aromatic carbocycles. The van der Waals surface area contributed by atoms with Crippen molar-refractivity contribution in [3.8, 4) is 22.5 Å². The average Bonchev–Trinajstić information content (AvgIpc) is 3.15. The number of benzene rings is 4. The summed E-state index contributed by atoms with van der Waals surface area (Å²) in [5.41, 5.74) is 7.68. The molecule has 6 rings (SSSR count). The molecule has 2 N–H and O–H groups in total. The molecule has 302 valence electrons. The van der Waals surface area contributed by atoms with Crippen LogP contribution >= 0.6 is 0 Å². The van der Waals surface area contributed by atoms with Crippen molar-refractivity contribution in [3.63, 3.8) is 0 Å². The van der Waals surface area contributed by atoms with Crippen LogP contribution in [0.4, 0.5) is 11.4 Å². The molecule has 2 unspecified atom stereocenters. The third-order valence-electron chi connectivity index (χ3n) is 10.2. The fraction of sp³-hybridized carbons (Fsp3) is 0.341. The van der Waals surface area contributed by atoms with Crippen molar-refractivity contribution in [2.24, 2.45) is 10.9 Å². The fourth-order valence-corrected chi connectivity index (χ4v) is 9.89. The lowest BCUT2D eigenvalue weighted by Crippen LogP contribution is -2.39. The van der Waals surface area contributed by atoms with Crippen LogP contribution in [0.15, 0.2) is 110 Å². The topological polar surface area (TPSA) is 148 Å². The van der Waals surface area contributed by atoms with Gasteiger partial charge in [-0.1, -0.05) is 48.9 Å². The number of hydrogen-bond donors (Lipinski definition) is 2. The third-order valence-corrected chi connectivity index (χ3v) is 13.0. The number of aryl methyl sites for hydroxylation is 3. The number of hydrogen-bond acceptors (Lipinski definition) is 9. The average molecular weight is 814 g/mol. The van der Waals surface area contributed by atoms with E-state index in [2.05, 4.69) is 24.4 Å². The Balaban J connectivity index is 1.42. The molecule has 3 aromatic rings. The Morgan fingerprint density at radius 2 is 1.51 bits per heavy atom. The minimum Gasteiger partial charge on any atom is -0.456 e. The van der Waals surface area contributed by atoms with Crippen LogP contribution in [0.1, 0.15) is 44.4 Å². The van der Waals surface area contributed by atoms with Gasteiger partial charge in [-0.3, -0.25) is 4.55 Å². The highest BCUT2D eigenvalue weighted by Crippen LogP contribution is 2.43. The molecule has 2 atom stereocenters. The largest absolute Gasteiger partial charge is 0.456 e. The minimum absolute atomic E-state index is 0.209. The van der Waals surface area contributed by atoms with E-state index in [9.17, 15) is 21.4 Å². The SMILES string of the molecule is CCOCCN(CCOCC)S(=O)(=O)C1=CC(C)C(Nc2ccc3c(-c4ccccc4S(=O)(=O)O)c4ccc(=Nc5c(C)cc(C)cc5C)cc-4oc3c2)C(C)=C1. The lowest BCUT2D eigenvalue weighted by Gasteiger charge is -2.31. The van der Waals surface area contributed by atoms with Crippen molar-refractivity contribution in [3.05, 3.63) is 117 Å². The van der Waals surface area contributed by atoms with Crippen LogP contribution in [0.5, 0.6) is 0 Å². The van der Waals surface area contributed by atoms with Crippen molar-refractivity contribution < 1.29 is 35.3 Å². The van der Waals surface area contributed by atoms with E-state index in [4.69, 9.17) is 18.9 Å². The smallest absolute Gasteiger partial charge is 0.295 e. The fourth-order valence-electron chi connectivity index (χ4n) is 7.54. The number of sulfonamides is 1. The van der Waals surface area contributed by atoms with Gasteiger partial charge in [0.2, 0.25) is 10.0 Å². The van der Waals surface area contributed by atoms with Crippen molar-refractivity contribution in [1.29, 1.82) is 0 Å². The summed E-state index contributed by atoms with van der Waals surface area (Å²) in [6.07, 6.45) is 3.49. The molecule has 1 aliphatic heterocycles. The highest BCUT2D eigenvalue weighted by molar-refractivity contribution is 7.93. The van der Waals surface area contributed by atoms with Gasteiger partial charge in [-0.25, -0.2) is 13.4 Å². The Morgan fingerprint density at radius 1 is 0.842 bits per heavy atom. The molecule has 11 nitrogen and oxygen atoms in total. The second kappa shape index (κ2) is 17.5. The first-order chi connectivity index (χ1) is 27.1. The summed E-state index contributed by atoms with van der Waals surface area (Å²) in [6.45, 7) is 15.7. The van der Waals surface area contributed by atoms with E-state index in [1.807, 2.05) is 77.9 Å². The van der Waals surface area contributed by atoms with E-state index >= 15 is 0 Å². The standard InChI is InChI=1S/C44H51N3O8S2/c1-8-53-20-18-47(19-21-54-9-2)56(48,49)35-24-31(6)44(32(7)25-35)46-34-15-17-37-40(27-34)55-39-26-33(45-43-29(4)22-28(3)23-30(43)5)14-16-36(39)42(37)38-12-10-11-13-41(38)57(50,51)52/h10-17,22-27,31,44,46H,8-9,18-21H2,1-7H3,(H,50,51,52). The van der Waals surface area contributed by atoms with Crippen LogP contribution in [-0.4, -0.2) is 71.3 Å². The number of anilines is 1. The molecule has 0 amide bonds. The van der Waals surface area contributed by atoms with Crippen molar-refractivity contribution in [2.75, 3.05) is 44.8 Å². The zero-order valence-corrected chi connectivity index (χ0v) is 35.1. The molecule has 1 heterocycles. The number of allylic oxidation sites excluding steroid dienone is 1. The first-order valence-electron chi connectivity index (χ1n) is 19.1. The highest BCUT2D eigenvalue weighted by Gasteiger charge is 2.31. The molecule has 0 fully saturated rings. The molecule has 3 aliphatic rings. The number of ether oxygens (including phenoxy) is 2. The zero-order chi connectivity index (χ0) is 41.1. The Morgan fingerprint density at radius 3 is 2.14 bits per heavy atom. The summed E-state index contributed by atoms with van der Waals surface area (Å²) < 4.78 is 82.4. The van der Waals surface area contributed by atoms with Gasteiger partial charge in [0.1, 0.15) is 16.2 Å². The van der Waals surface area contributed by atoms with Crippen LogP contribution in [0.2, 0.25) is 0 Å². The zero-order valence-electron chi connectivity index (χ0n) is 33.5. The second-order valence-electron chi connectivity index (χ2n) is 14.4. The van der Waals surface area contributed by atoms with E-state index < -0.39 is 20.1 Å². The van der Waals surface area contributed by atoms with Crippen LogP contribution < -0.4 is 10.7 Å². The van der Waals surface area contributed by atoms with Crippen molar-refractivity contribution in [2.45, 2.75) is 59.4 Å². The first kappa shape index (κ1) is 42.0. The number of fused-ring (bicyclic) bond motifs is 2. The van der Waals surface area contributed by atoms with Gasteiger partial charge >= 0.3 is 0 Å². The minimum atomic E-state index is -4.58. The van der Waals surface area contributed by atoms with E-state index in [1.165, 1.54) is 10.4 Å². The summed E-state index contributed by atoms with van der Waals surface area (Å²) in [7, 11) is -8.41. The van der Waals surface area contributed by atoms with Crippen LogP contribution in [-0.2, 0) is 29.6 Å². The molecule has 0 radical (unpaired) electrons. The van der Waals surface area contributed by atoms with Gasteiger partial charge in [0.15, 0.2) is 0 Å². The van der Waals surface area contributed by atoms with Gasteiger partial charge < -0.3 is 19.2 Å². The molecule has 0 saturated carbocycles.